The number of rotatable bonds is 6. The molecule has 1 saturated carbocycles. The summed E-state index contributed by atoms with van der Waals surface area (Å²) in [5, 5.41) is 6.67. The van der Waals surface area contributed by atoms with Crippen LogP contribution in [0.1, 0.15) is 49.8 Å². The van der Waals surface area contributed by atoms with Crippen molar-refractivity contribution in [3.05, 3.63) is 71.8 Å². The van der Waals surface area contributed by atoms with Crippen molar-refractivity contribution in [3.63, 3.8) is 0 Å². The zero-order valence-electron chi connectivity index (χ0n) is 14.9. The predicted molar refractivity (Wildman–Crippen MR) is 102 cm³/mol. The lowest BCUT2D eigenvalue weighted by atomic mass is 9.86. The summed E-state index contributed by atoms with van der Waals surface area (Å²) in [5.74, 6) is 0.673. The normalized spacial score (nSPS) is 20.4. The molecular weight excluding hydrogens is 308 g/mol. The fraction of sp³-hybridized carbons (Fsp3) is 0.409. The monoisotopic (exact) mass is 336 g/mol. The van der Waals surface area contributed by atoms with Gasteiger partial charge in [-0.25, -0.2) is 0 Å². The highest BCUT2D eigenvalue weighted by Gasteiger charge is 2.23. The Bertz CT molecular complexity index is 617. The van der Waals surface area contributed by atoms with Gasteiger partial charge in [-0.15, -0.1) is 0 Å². The van der Waals surface area contributed by atoms with Crippen LogP contribution in [0.4, 0.5) is 0 Å². The van der Waals surface area contributed by atoms with Gasteiger partial charge in [-0.3, -0.25) is 10.1 Å². The number of hydrogen-bond acceptors (Lipinski definition) is 2. The topological polar surface area (TPSA) is 41.1 Å². The fourth-order valence-corrected chi connectivity index (χ4v) is 3.70. The second-order valence-electron chi connectivity index (χ2n) is 7.07. The summed E-state index contributed by atoms with van der Waals surface area (Å²) in [6, 6.07) is 21.0. The van der Waals surface area contributed by atoms with Crippen molar-refractivity contribution in [1.82, 2.24) is 10.6 Å². The van der Waals surface area contributed by atoms with E-state index in [2.05, 4.69) is 41.8 Å². The number of nitrogens with one attached hydrogen (secondary N) is 2. The van der Waals surface area contributed by atoms with E-state index in [0.717, 1.165) is 6.42 Å². The number of amides is 1. The van der Waals surface area contributed by atoms with Gasteiger partial charge >= 0.3 is 0 Å². The molecule has 132 valence electrons. The second kappa shape index (κ2) is 8.82. The zero-order valence-corrected chi connectivity index (χ0v) is 14.9. The highest BCUT2D eigenvalue weighted by Crippen LogP contribution is 2.24. The van der Waals surface area contributed by atoms with Gasteiger partial charge < -0.3 is 5.32 Å². The maximum Gasteiger partial charge on any atom is 0.234 e. The summed E-state index contributed by atoms with van der Waals surface area (Å²) in [6.07, 6.45) is 4.83. The standard InChI is InChI=1S/C22H28N2O/c1-17-10-8-9-15-20(17)24-21(25)16-23-22(18-11-4-2-5-12-18)19-13-6-3-7-14-19/h2-7,11-14,17,20,22-23H,8-10,15-16H2,1H3,(H,24,25)/t17-,20+/m1/s1. The molecule has 1 fully saturated rings. The summed E-state index contributed by atoms with van der Waals surface area (Å²) in [4.78, 5) is 12.5. The molecule has 1 amide bonds. The third-order valence-electron chi connectivity index (χ3n) is 5.19. The fourth-order valence-electron chi connectivity index (χ4n) is 3.70. The molecule has 0 spiro atoms. The van der Waals surface area contributed by atoms with Crippen LogP contribution in [0.3, 0.4) is 0 Å². The number of carbonyl (C=O) groups excluding carboxylic acids is 1. The molecule has 3 rings (SSSR count). The van der Waals surface area contributed by atoms with Crippen LogP contribution in [0.25, 0.3) is 0 Å². The average Bonchev–Trinajstić information content (AvgIpc) is 2.66. The molecule has 0 aromatic heterocycles. The largest absolute Gasteiger partial charge is 0.352 e. The third-order valence-corrected chi connectivity index (χ3v) is 5.19. The van der Waals surface area contributed by atoms with Gasteiger partial charge in [0, 0.05) is 6.04 Å². The molecule has 0 saturated heterocycles. The summed E-state index contributed by atoms with van der Waals surface area (Å²) in [5.41, 5.74) is 2.35. The van der Waals surface area contributed by atoms with E-state index in [1.165, 1.54) is 30.4 Å². The molecule has 0 radical (unpaired) electrons. The summed E-state index contributed by atoms with van der Waals surface area (Å²) < 4.78 is 0. The smallest absolute Gasteiger partial charge is 0.234 e. The molecule has 3 heteroatoms. The quantitative estimate of drug-likeness (QED) is 0.835. The number of benzene rings is 2. The van der Waals surface area contributed by atoms with E-state index < -0.39 is 0 Å². The van der Waals surface area contributed by atoms with Crippen molar-refractivity contribution in [1.29, 1.82) is 0 Å². The Morgan fingerprint density at radius 2 is 1.52 bits per heavy atom. The average molecular weight is 336 g/mol. The van der Waals surface area contributed by atoms with Gasteiger partial charge in [0.2, 0.25) is 5.91 Å². The van der Waals surface area contributed by atoms with Gasteiger partial charge in [0.15, 0.2) is 0 Å². The molecule has 2 atom stereocenters. The lowest BCUT2D eigenvalue weighted by Gasteiger charge is -2.30. The third kappa shape index (κ3) is 4.93. The Hall–Kier alpha value is -2.13. The van der Waals surface area contributed by atoms with Crippen LogP contribution < -0.4 is 10.6 Å². The van der Waals surface area contributed by atoms with Crippen molar-refractivity contribution < 1.29 is 4.79 Å². The Kier molecular flexibility index (Phi) is 6.24. The van der Waals surface area contributed by atoms with Crippen LogP contribution in [-0.4, -0.2) is 18.5 Å². The van der Waals surface area contributed by atoms with Gasteiger partial charge in [0.25, 0.3) is 0 Å². The molecule has 1 aliphatic carbocycles. The highest BCUT2D eigenvalue weighted by atomic mass is 16.2. The molecule has 25 heavy (non-hydrogen) atoms. The Morgan fingerprint density at radius 1 is 0.960 bits per heavy atom. The lowest BCUT2D eigenvalue weighted by molar-refractivity contribution is -0.121. The van der Waals surface area contributed by atoms with Crippen LogP contribution >= 0.6 is 0 Å². The first-order chi connectivity index (χ1) is 12.2. The van der Waals surface area contributed by atoms with E-state index in [4.69, 9.17) is 0 Å². The molecule has 0 heterocycles. The highest BCUT2D eigenvalue weighted by molar-refractivity contribution is 5.78. The van der Waals surface area contributed by atoms with Crippen molar-refractivity contribution in [2.45, 2.75) is 44.7 Å². The number of hydrogen-bond donors (Lipinski definition) is 2. The van der Waals surface area contributed by atoms with E-state index in [1.54, 1.807) is 0 Å². The first kappa shape index (κ1) is 17.7. The zero-order chi connectivity index (χ0) is 17.5. The van der Waals surface area contributed by atoms with Crippen molar-refractivity contribution in [3.8, 4) is 0 Å². The minimum atomic E-state index is 0.0249. The van der Waals surface area contributed by atoms with Gasteiger partial charge in [-0.1, -0.05) is 80.4 Å². The molecule has 3 nitrogen and oxygen atoms in total. The van der Waals surface area contributed by atoms with E-state index >= 15 is 0 Å². The maximum atomic E-state index is 12.5. The summed E-state index contributed by atoms with van der Waals surface area (Å²) in [7, 11) is 0. The van der Waals surface area contributed by atoms with E-state index in [9.17, 15) is 4.79 Å². The first-order valence-corrected chi connectivity index (χ1v) is 9.36. The Balaban J connectivity index is 1.64. The molecule has 1 aliphatic rings. The van der Waals surface area contributed by atoms with E-state index in [0.29, 0.717) is 18.5 Å². The second-order valence-corrected chi connectivity index (χ2v) is 7.07. The molecule has 2 aromatic carbocycles. The Labute approximate surface area is 150 Å². The molecule has 0 unspecified atom stereocenters. The van der Waals surface area contributed by atoms with Crippen LogP contribution in [0.5, 0.6) is 0 Å². The van der Waals surface area contributed by atoms with Gasteiger partial charge in [-0.05, 0) is 29.9 Å². The minimum Gasteiger partial charge on any atom is -0.352 e. The molecule has 0 aliphatic heterocycles. The van der Waals surface area contributed by atoms with Crippen molar-refractivity contribution in [2.75, 3.05) is 6.54 Å². The number of carbonyl (C=O) groups is 1. The van der Waals surface area contributed by atoms with Crippen LogP contribution in [0.2, 0.25) is 0 Å². The molecular formula is C22H28N2O. The molecule has 2 aromatic rings. The van der Waals surface area contributed by atoms with Crippen LogP contribution in [0, 0.1) is 5.92 Å². The SMILES string of the molecule is C[C@@H]1CCCC[C@@H]1NC(=O)CNC(c1ccccc1)c1ccccc1. The van der Waals surface area contributed by atoms with Crippen molar-refractivity contribution >= 4 is 5.91 Å². The van der Waals surface area contributed by atoms with Crippen LogP contribution in [0.15, 0.2) is 60.7 Å². The minimum absolute atomic E-state index is 0.0249. The maximum absolute atomic E-state index is 12.5. The first-order valence-electron chi connectivity index (χ1n) is 9.36. The lowest BCUT2D eigenvalue weighted by Crippen LogP contribution is -2.45. The van der Waals surface area contributed by atoms with Gasteiger partial charge in [0.05, 0.1) is 12.6 Å². The van der Waals surface area contributed by atoms with Crippen LogP contribution in [-0.2, 0) is 4.79 Å². The van der Waals surface area contributed by atoms with Crippen molar-refractivity contribution in [2.24, 2.45) is 5.92 Å². The summed E-state index contributed by atoms with van der Waals surface area (Å²) >= 11 is 0. The molecule has 0 bridgehead atoms. The van der Waals surface area contributed by atoms with Gasteiger partial charge in [-0.2, -0.15) is 0 Å². The van der Waals surface area contributed by atoms with Gasteiger partial charge in [0.1, 0.15) is 0 Å². The Morgan fingerprint density at radius 3 is 2.08 bits per heavy atom. The van der Waals surface area contributed by atoms with E-state index in [-0.39, 0.29) is 11.9 Å². The van der Waals surface area contributed by atoms with E-state index in [1.807, 2.05) is 36.4 Å². The predicted octanol–water partition coefficient (Wildman–Crippen LogP) is 4.06. The molecule has 2 N–H and O–H groups in total. The summed E-state index contributed by atoms with van der Waals surface area (Å²) in [6.45, 7) is 2.58.